The van der Waals surface area contributed by atoms with Gasteiger partial charge in [0.25, 0.3) is 0 Å². The first-order valence-electron chi connectivity index (χ1n) is 9.81. The summed E-state index contributed by atoms with van der Waals surface area (Å²) in [5.74, 6) is 0.935. The maximum atomic E-state index is 13.1. The van der Waals surface area contributed by atoms with Crippen LogP contribution in [0.3, 0.4) is 0 Å². The topological polar surface area (TPSA) is 53.1 Å². The normalized spacial score (nSPS) is 31.7. The molecule has 2 atom stereocenters. The van der Waals surface area contributed by atoms with E-state index in [-0.39, 0.29) is 17.7 Å². The summed E-state index contributed by atoms with van der Waals surface area (Å²) in [6, 6.07) is 0.412. The van der Waals surface area contributed by atoms with Crippen molar-refractivity contribution in [3.05, 3.63) is 0 Å². The second-order valence-corrected chi connectivity index (χ2v) is 8.77. The fourth-order valence-corrected chi connectivity index (χ4v) is 5.07. The van der Waals surface area contributed by atoms with E-state index in [2.05, 4.69) is 9.80 Å². The minimum atomic E-state index is -0.131. The Morgan fingerprint density at radius 3 is 2.64 bits per heavy atom. The van der Waals surface area contributed by atoms with Crippen molar-refractivity contribution in [1.82, 2.24) is 14.7 Å². The molecule has 0 aromatic rings. The number of likely N-dealkylation sites (N-methyl/N-ethyl adjacent to an activating group) is 1. The van der Waals surface area contributed by atoms with Gasteiger partial charge in [0.2, 0.25) is 11.8 Å². The molecule has 3 saturated heterocycles. The van der Waals surface area contributed by atoms with Gasteiger partial charge in [0, 0.05) is 57.3 Å². The van der Waals surface area contributed by atoms with Crippen molar-refractivity contribution in [1.29, 1.82) is 0 Å². The highest BCUT2D eigenvalue weighted by Gasteiger charge is 2.60. The second-order valence-electron chi connectivity index (χ2n) is 8.77. The van der Waals surface area contributed by atoms with Crippen molar-refractivity contribution in [3.8, 4) is 0 Å². The van der Waals surface area contributed by atoms with E-state index in [1.165, 1.54) is 12.8 Å². The van der Waals surface area contributed by atoms with Crippen LogP contribution in [0.1, 0.15) is 32.1 Å². The van der Waals surface area contributed by atoms with Gasteiger partial charge in [-0.15, -0.1) is 0 Å². The van der Waals surface area contributed by atoms with Gasteiger partial charge in [-0.3, -0.25) is 9.59 Å². The number of ether oxygens (including phenoxy) is 1. The van der Waals surface area contributed by atoms with Gasteiger partial charge in [-0.25, -0.2) is 0 Å². The zero-order valence-corrected chi connectivity index (χ0v) is 15.6. The van der Waals surface area contributed by atoms with Gasteiger partial charge in [-0.05, 0) is 45.7 Å². The van der Waals surface area contributed by atoms with Crippen LogP contribution in [0.4, 0.5) is 0 Å². The Kier molecular flexibility index (Phi) is 4.52. The number of rotatable bonds is 5. The Bertz CT molecular complexity index is 540. The highest BCUT2D eigenvalue weighted by molar-refractivity contribution is 5.90. The Labute approximate surface area is 150 Å². The fraction of sp³-hybridized carbons (Fsp3) is 0.895. The number of nitrogens with zero attached hydrogens (tertiary/aromatic N) is 3. The molecule has 4 rings (SSSR count). The van der Waals surface area contributed by atoms with Gasteiger partial charge < -0.3 is 19.4 Å². The minimum absolute atomic E-state index is 0.131. The molecule has 2 unspecified atom stereocenters. The molecule has 1 saturated carbocycles. The highest BCUT2D eigenvalue weighted by Crippen LogP contribution is 2.55. The maximum Gasteiger partial charge on any atom is 0.228 e. The van der Waals surface area contributed by atoms with Gasteiger partial charge >= 0.3 is 0 Å². The smallest absolute Gasteiger partial charge is 0.228 e. The van der Waals surface area contributed by atoms with Crippen molar-refractivity contribution in [2.45, 2.75) is 38.1 Å². The molecule has 3 heterocycles. The Balaban J connectivity index is 1.39. The van der Waals surface area contributed by atoms with Crippen molar-refractivity contribution in [3.63, 3.8) is 0 Å². The molecule has 1 spiro atoms. The van der Waals surface area contributed by atoms with Crippen LogP contribution in [0.5, 0.6) is 0 Å². The van der Waals surface area contributed by atoms with Crippen LogP contribution >= 0.6 is 0 Å². The highest BCUT2D eigenvalue weighted by atomic mass is 16.5. The van der Waals surface area contributed by atoms with Crippen LogP contribution in [0.15, 0.2) is 0 Å². The molecule has 6 nitrogen and oxygen atoms in total. The lowest BCUT2D eigenvalue weighted by Gasteiger charge is -2.60. The molecule has 140 valence electrons. The van der Waals surface area contributed by atoms with Gasteiger partial charge in [0.15, 0.2) is 0 Å². The van der Waals surface area contributed by atoms with Crippen molar-refractivity contribution < 1.29 is 14.3 Å². The van der Waals surface area contributed by atoms with E-state index in [0.717, 1.165) is 45.7 Å². The van der Waals surface area contributed by atoms with E-state index < -0.39 is 0 Å². The first kappa shape index (κ1) is 17.3. The lowest BCUT2D eigenvalue weighted by molar-refractivity contribution is -0.175. The van der Waals surface area contributed by atoms with Crippen LogP contribution in [0.2, 0.25) is 0 Å². The molecule has 0 radical (unpaired) electrons. The van der Waals surface area contributed by atoms with E-state index in [4.69, 9.17) is 4.74 Å². The number of carbonyl (C=O) groups is 2. The summed E-state index contributed by atoms with van der Waals surface area (Å²) >= 11 is 0. The zero-order valence-electron chi connectivity index (χ0n) is 15.6. The van der Waals surface area contributed by atoms with Crippen LogP contribution in [-0.4, -0.2) is 86.0 Å². The summed E-state index contributed by atoms with van der Waals surface area (Å²) < 4.78 is 5.56. The molecule has 0 bridgehead atoms. The predicted molar refractivity (Wildman–Crippen MR) is 94.0 cm³/mol. The SMILES string of the molecule is CN(C)CCN1CC(C(=O)N2CC3(CCOCC3)C2C2CC2)CC1=O. The Hall–Kier alpha value is -1.14. The summed E-state index contributed by atoms with van der Waals surface area (Å²) in [7, 11) is 4.02. The molecule has 0 aromatic carbocycles. The van der Waals surface area contributed by atoms with Crippen LogP contribution in [0.25, 0.3) is 0 Å². The van der Waals surface area contributed by atoms with E-state index in [1.807, 2.05) is 19.0 Å². The Morgan fingerprint density at radius 2 is 2.00 bits per heavy atom. The largest absolute Gasteiger partial charge is 0.381 e. The molecule has 3 aliphatic heterocycles. The summed E-state index contributed by atoms with van der Waals surface area (Å²) in [6.45, 7) is 4.75. The van der Waals surface area contributed by atoms with E-state index in [0.29, 0.717) is 30.3 Å². The van der Waals surface area contributed by atoms with Crippen LogP contribution in [0, 0.1) is 17.3 Å². The maximum absolute atomic E-state index is 13.1. The molecular weight excluding hydrogens is 318 g/mol. The van der Waals surface area contributed by atoms with Crippen molar-refractivity contribution in [2.75, 3.05) is 53.5 Å². The Morgan fingerprint density at radius 1 is 1.28 bits per heavy atom. The standard InChI is InChI=1S/C19H31N3O3/c1-20(2)7-8-21-12-15(11-16(21)23)18(24)22-13-19(5-9-25-10-6-19)17(22)14-3-4-14/h14-15,17H,3-13H2,1-2H3. The molecule has 0 aromatic heterocycles. The number of amides is 2. The fourth-order valence-electron chi connectivity index (χ4n) is 5.07. The van der Waals surface area contributed by atoms with Crippen LogP contribution in [-0.2, 0) is 14.3 Å². The van der Waals surface area contributed by atoms with E-state index in [9.17, 15) is 9.59 Å². The molecule has 4 aliphatic rings. The molecule has 4 fully saturated rings. The zero-order chi connectivity index (χ0) is 17.6. The van der Waals surface area contributed by atoms with Gasteiger partial charge in [0.1, 0.15) is 0 Å². The second kappa shape index (κ2) is 6.54. The first-order chi connectivity index (χ1) is 12.0. The van der Waals surface area contributed by atoms with E-state index >= 15 is 0 Å². The van der Waals surface area contributed by atoms with Gasteiger partial charge in [-0.1, -0.05) is 0 Å². The average molecular weight is 349 g/mol. The average Bonchev–Trinajstić information content (AvgIpc) is 3.32. The molecule has 1 aliphatic carbocycles. The third kappa shape index (κ3) is 3.19. The lowest BCUT2D eigenvalue weighted by Crippen LogP contribution is -2.69. The van der Waals surface area contributed by atoms with Crippen molar-refractivity contribution in [2.24, 2.45) is 17.3 Å². The number of hydrogen-bond donors (Lipinski definition) is 0. The minimum Gasteiger partial charge on any atom is -0.381 e. The summed E-state index contributed by atoms with van der Waals surface area (Å²) in [4.78, 5) is 31.5. The molecule has 2 amide bonds. The van der Waals surface area contributed by atoms with Crippen molar-refractivity contribution >= 4 is 11.8 Å². The summed E-state index contributed by atoms with van der Waals surface area (Å²) in [5, 5.41) is 0. The van der Waals surface area contributed by atoms with E-state index in [1.54, 1.807) is 0 Å². The molecule has 6 heteroatoms. The predicted octanol–water partition coefficient (Wildman–Crippen LogP) is 0.814. The molecular formula is C19H31N3O3. The number of carbonyl (C=O) groups excluding carboxylic acids is 2. The molecule has 25 heavy (non-hydrogen) atoms. The third-order valence-electron chi connectivity index (χ3n) is 6.67. The summed E-state index contributed by atoms with van der Waals surface area (Å²) in [6.07, 6.45) is 5.11. The first-order valence-corrected chi connectivity index (χ1v) is 9.81. The third-order valence-corrected chi connectivity index (χ3v) is 6.67. The molecule has 0 N–H and O–H groups in total. The quantitative estimate of drug-likeness (QED) is 0.737. The number of likely N-dealkylation sites (tertiary alicyclic amines) is 2. The monoisotopic (exact) mass is 349 g/mol. The number of hydrogen-bond acceptors (Lipinski definition) is 4. The van der Waals surface area contributed by atoms with Gasteiger partial charge in [-0.2, -0.15) is 0 Å². The lowest BCUT2D eigenvalue weighted by atomic mass is 9.64. The van der Waals surface area contributed by atoms with Crippen LogP contribution < -0.4 is 0 Å². The van der Waals surface area contributed by atoms with Gasteiger partial charge in [0.05, 0.1) is 5.92 Å². The summed E-state index contributed by atoms with van der Waals surface area (Å²) in [5.41, 5.74) is 0.308.